The van der Waals surface area contributed by atoms with Gasteiger partial charge in [0.15, 0.2) is 0 Å². The third-order valence-corrected chi connectivity index (χ3v) is 1.54. The molecule has 0 aromatic carbocycles. The molecule has 0 unspecified atom stereocenters. The van der Waals surface area contributed by atoms with Gasteiger partial charge in [-0.15, -0.1) is 12.4 Å². The molecule has 0 aromatic rings. The lowest BCUT2D eigenvalue weighted by atomic mass is 10.1. The van der Waals surface area contributed by atoms with E-state index in [0.717, 1.165) is 19.5 Å². The van der Waals surface area contributed by atoms with Crippen LogP contribution < -0.4 is 5.32 Å². The number of nitrogens with one attached hydrogen (secondary N) is 1. The highest BCUT2D eigenvalue weighted by molar-refractivity contribution is 5.85. The molecule has 0 amide bonds. The van der Waals surface area contributed by atoms with Crippen molar-refractivity contribution in [2.45, 2.75) is 12.8 Å². The van der Waals surface area contributed by atoms with Crippen LogP contribution in [-0.2, 0) is 0 Å². The summed E-state index contributed by atoms with van der Waals surface area (Å²) in [6.07, 6.45) is 1.92. The largest absolute Gasteiger partial charge is 0.316 e. The van der Waals surface area contributed by atoms with Crippen molar-refractivity contribution in [3.8, 4) is 6.07 Å². The minimum atomic E-state index is 0. The minimum absolute atomic E-state index is 0. The van der Waals surface area contributed by atoms with Crippen LogP contribution in [0.25, 0.3) is 0 Å². The van der Waals surface area contributed by atoms with Gasteiger partial charge in [-0.05, 0) is 25.4 Å². The molecule has 1 saturated heterocycles. The summed E-state index contributed by atoms with van der Waals surface area (Å²) < 4.78 is 0. The van der Waals surface area contributed by atoms with E-state index in [1.807, 2.05) is 0 Å². The van der Waals surface area contributed by atoms with E-state index in [1.165, 1.54) is 6.42 Å². The van der Waals surface area contributed by atoms with Gasteiger partial charge >= 0.3 is 0 Å². The number of hydrogen-bond acceptors (Lipinski definition) is 2. The first kappa shape index (κ1) is 8.74. The first-order valence-corrected chi connectivity index (χ1v) is 3.01. The van der Waals surface area contributed by atoms with Crippen LogP contribution in [-0.4, -0.2) is 13.1 Å². The third-order valence-electron chi connectivity index (χ3n) is 1.54. The third kappa shape index (κ3) is 2.69. The van der Waals surface area contributed by atoms with Crippen molar-refractivity contribution in [3.05, 3.63) is 0 Å². The molecule has 0 spiro atoms. The van der Waals surface area contributed by atoms with Gasteiger partial charge < -0.3 is 5.32 Å². The molecule has 9 heavy (non-hydrogen) atoms. The Kier molecular flexibility index (Phi) is 4.47. The van der Waals surface area contributed by atoms with Gasteiger partial charge in [0, 0.05) is 6.42 Å². The number of halogens is 1. The lowest BCUT2D eigenvalue weighted by Crippen LogP contribution is -2.08. The van der Waals surface area contributed by atoms with Crippen molar-refractivity contribution in [1.29, 1.82) is 5.26 Å². The molecule has 1 aliphatic rings. The molecule has 2 nitrogen and oxygen atoms in total. The van der Waals surface area contributed by atoms with Crippen LogP contribution in [0.5, 0.6) is 0 Å². The van der Waals surface area contributed by atoms with Crippen LogP contribution in [0.15, 0.2) is 0 Å². The van der Waals surface area contributed by atoms with Gasteiger partial charge in [-0.3, -0.25) is 0 Å². The summed E-state index contributed by atoms with van der Waals surface area (Å²) in [5.41, 5.74) is 0. The monoisotopic (exact) mass is 146 g/mol. The van der Waals surface area contributed by atoms with Gasteiger partial charge in [-0.1, -0.05) is 0 Å². The molecule has 1 N–H and O–H groups in total. The molecule has 0 aromatic heterocycles. The van der Waals surface area contributed by atoms with Crippen molar-refractivity contribution < 1.29 is 0 Å². The van der Waals surface area contributed by atoms with E-state index in [9.17, 15) is 0 Å². The Bertz CT molecular complexity index is 102. The summed E-state index contributed by atoms with van der Waals surface area (Å²) >= 11 is 0. The van der Waals surface area contributed by atoms with Crippen molar-refractivity contribution >= 4 is 12.4 Å². The number of rotatable bonds is 1. The van der Waals surface area contributed by atoms with Crippen LogP contribution in [0.3, 0.4) is 0 Å². The van der Waals surface area contributed by atoms with E-state index >= 15 is 0 Å². The summed E-state index contributed by atoms with van der Waals surface area (Å²) in [4.78, 5) is 0. The van der Waals surface area contributed by atoms with Crippen molar-refractivity contribution in [2.75, 3.05) is 13.1 Å². The Morgan fingerprint density at radius 1 is 1.67 bits per heavy atom. The predicted octanol–water partition coefficient (Wildman–Crippen LogP) is 0.931. The average Bonchev–Trinajstić information content (AvgIpc) is 2.19. The van der Waals surface area contributed by atoms with Gasteiger partial charge in [0.1, 0.15) is 0 Å². The van der Waals surface area contributed by atoms with Crippen molar-refractivity contribution in [2.24, 2.45) is 5.92 Å². The molecule has 1 rings (SSSR count). The van der Waals surface area contributed by atoms with Crippen LogP contribution in [0.2, 0.25) is 0 Å². The summed E-state index contributed by atoms with van der Waals surface area (Å²) in [6.45, 7) is 2.15. The zero-order chi connectivity index (χ0) is 5.82. The molecular formula is C6H11ClN2. The van der Waals surface area contributed by atoms with Gasteiger partial charge in [0.25, 0.3) is 0 Å². The van der Waals surface area contributed by atoms with E-state index in [4.69, 9.17) is 5.26 Å². The molecule has 0 aliphatic carbocycles. The molecule has 1 atom stereocenters. The summed E-state index contributed by atoms with van der Waals surface area (Å²) in [5, 5.41) is 11.5. The zero-order valence-electron chi connectivity index (χ0n) is 5.26. The maximum absolute atomic E-state index is 8.25. The van der Waals surface area contributed by atoms with Crippen LogP contribution >= 0.6 is 12.4 Å². The van der Waals surface area contributed by atoms with Gasteiger partial charge in [-0.2, -0.15) is 5.26 Å². The highest BCUT2D eigenvalue weighted by Crippen LogP contribution is 2.09. The fourth-order valence-corrected chi connectivity index (χ4v) is 1.02. The smallest absolute Gasteiger partial charge is 0.0625 e. The maximum atomic E-state index is 8.25. The van der Waals surface area contributed by atoms with Gasteiger partial charge in [-0.25, -0.2) is 0 Å². The Labute approximate surface area is 61.7 Å². The molecule has 0 bridgehead atoms. The van der Waals surface area contributed by atoms with Crippen LogP contribution in [0.1, 0.15) is 12.8 Å². The average molecular weight is 147 g/mol. The van der Waals surface area contributed by atoms with E-state index < -0.39 is 0 Å². The predicted molar refractivity (Wildman–Crippen MR) is 38.5 cm³/mol. The molecule has 0 saturated carbocycles. The first-order chi connectivity index (χ1) is 3.93. The van der Waals surface area contributed by atoms with Crippen LogP contribution in [0, 0.1) is 17.2 Å². The molecule has 1 aliphatic heterocycles. The SMILES string of the molecule is Cl.N#CC[C@@H]1CCNC1. The second-order valence-electron chi connectivity index (χ2n) is 2.22. The second-order valence-corrected chi connectivity index (χ2v) is 2.22. The van der Waals surface area contributed by atoms with E-state index in [1.54, 1.807) is 0 Å². The van der Waals surface area contributed by atoms with Crippen molar-refractivity contribution in [1.82, 2.24) is 5.32 Å². The normalized spacial score (nSPS) is 24.6. The minimum Gasteiger partial charge on any atom is -0.316 e. The molecule has 3 heteroatoms. The topological polar surface area (TPSA) is 35.8 Å². The molecule has 52 valence electrons. The summed E-state index contributed by atoms with van der Waals surface area (Å²) in [7, 11) is 0. The molecule has 0 radical (unpaired) electrons. The van der Waals surface area contributed by atoms with E-state index in [0.29, 0.717) is 5.92 Å². The van der Waals surface area contributed by atoms with E-state index in [2.05, 4.69) is 11.4 Å². The first-order valence-electron chi connectivity index (χ1n) is 3.01. The number of nitriles is 1. The fraction of sp³-hybridized carbons (Fsp3) is 0.833. The standard InChI is InChI=1S/C6H10N2.ClH/c7-3-1-6-2-4-8-5-6;/h6,8H,1-2,4-5H2;1H/t6-;/m1./s1. The summed E-state index contributed by atoms with van der Waals surface area (Å²) in [6, 6.07) is 2.17. The van der Waals surface area contributed by atoms with Gasteiger partial charge in [0.2, 0.25) is 0 Å². The molecule has 1 fully saturated rings. The Morgan fingerprint density at radius 2 is 2.44 bits per heavy atom. The molecule has 1 heterocycles. The zero-order valence-corrected chi connectivity index (χ0v) is 6.08. The summed E-state index contributed by atoms with van der Waals surface area (Å²) in [5.74, 6) is 0.639. The Hall–Kier alpha value is -0.260. The molecular weight excluding hydrogens is 136 g/mol. The highest BCUT2D eigenvalue weighted by Gasteiger charge is 2.12. The Morgan fingerprint density at radius 3 is 2.89 bits per heavy atom. The quantitative estimate of drug-likeness (QED) is 0.598. The van der Waals surface area contributed by atoms with Gasteiger partial charge in [0.05, 0.1) is 6.07 Å². The maximum Gasteiger partial charge on any atom is 0.0625 e. The Balaban J connectivity index is 0.000000640. The van der Waals surface area contributed by atoms with Crippen molar-refractivity contribution in [3.63, 3.8) is 0 Å². The fourth-order valence-electron chi connectivity index (χ4n) is 1.02. The lowest BCUT2D eigenvalue weighted by molar-refractivity contribution is 0.599. The lowest BCUT2D eigenvalue weighted by Gasteiger charge is -1.96. The number of hydrogen-bond donors (Lipinski definition) is 1. The van der Waals surface area contributed by atoms with E-state index in [-0.39, 0.29) is 12.4 Å². The second kappa shape index (κ2) is 4.60. The van der Waals surface area contributed by atoms with Crippen LogP contribution in [0.4, 0.5) is 0 Å². The highest BCUT2D eigenvalue weighted by atomic mass is 35.5. The number of nitrogens with zero attached hydrogens (tertiary/aromatic N) is 1.